The lowest BCUT2D eigenvalue weighted by Crippen LogP contribution is -2.51. The van der Waals surface area contributed by atoms with Gasteiger partial charge in [0.2, 0.25) is 0 Å². The Morgan fingerprint density at radius 1 is 0.941 bits per heavy atom. The van der Waals surface area contributed by atoms with Gasteiger partial charge in [-0.1, -0.05) is 0 Å². The fourth-order valence-corrected chi connectivity index (χ4v) is 1.22. The van der Waals surface area contributed by atoms with Gasteiger partial charge in [0.15, 0.2) is 0 Å². The first kappa shape index (κ1) is 15.0. The molecule has 4 nitrogen and oxygen atoms in total. The second-order valence-electron chi connectivity index (χ2n) is 6.73. The maximum absolute atomic E-state index is 10.0. The van der Waals surface area contributed by atoms with Crippen LogP contribution in [0.4, 0.5) is 0 Å². The third-order valence-corrected chi connectivity index (χ3v) is 4.10. The summed E-state index contributed by atoms with van der Waals surface area (Å²) >= 11 is 0. The summed E-state index contributed by atoms with van der Waals surface area (Å²) in [5, 5.41) is 10.0. The van der Waals surface area contributed by atoms with Crippen molar-refractivity contribution in [2.45, 2.75) is 77.8 Å². The zero-order valence-electron chi connectivity index (χ0n) is 12.2. The SMILES string of the molecule is CC(C)(O)C(C)(C)OB1OC(C)(C)C(C)(C)O1. The van der Waals surface area contributed by atoms with Crippen LogP contribution in [0.15, 0.2) is 0 Å². The second-order valence-corrected chi connectivity index (χ2v) is 6.73. The molecule has 0 bridgehead atoms. The van der Waals surface area contributed by atoms with E-state index in [1.807, 2.05) is 41.5 Å². The van der Waals surface area contributed by atoms with Crippen molar-refractivity contribution < 1.29 is 19.1 Å². The smallest absolute Gasteiger partial charge is 0.388 e. The minimum absolute atomic E-state index is 0.423. The van der Waals surface area contributed by atoms with Gasteiger partial charge in [0.1, 0.15) is 0 Å². The quantitative estimate of drug-likeness (QED) is 0.772. The molecule has 0 spiro atoms. The van der Waals surface area contributed by atoms with Crippen molar-refractivity contribution in [2.75, 3.05) is 0 Å². The van der Waals surface area contributed by atoms with Crippen LogP contribution < -0.4 is 0 Å². The third-order valence-electron chi connectivity index (χ3n) is 4.10. The number of rotatable bonds is 3. The van der Waals surface area contributed by atoms with Crippen LogP contribution in [0.25, 0.3) is 0 Å². The van der Waals surface area contributed by atoms with Crippen molar-refractivity contribution in [3.8, 4) is 0 Å². The van der Waals surface area contributed by atoms with Gasteiger partial charge in [-0.15, -0.1) is 0 Å². The lowest BCUT2D eigenvalue weighted by molar-refractivity contribution is -0.111. The van der Waals surface area contributed by atoms with Crippen molar-refractivity contribution in [1.82, 2.24) is 0 Å². The summed E-state index contributed by atoms with van der Waals surface area (Å²) in [5.74, 6) is 0. The monoisotopic (exact) mass is 244 g/mol. The van der Waals surface area contributed by atoms with E-state index in [0.717, 1.165) is 0 Å². The molecule has 0 saturated carbocycles. The van der Waals surface area contributed by atoms with Gasteiger partial charge in [-0.3, -0.25) is 0 Å². The predicted octanol–water partition coefficient (Wildman–Crippen LogP) is 2.14. The summed E-state index contributed by atoms with van der Waals surface area (Å²) in [6, 6.07) is 0. The largest absolute Gasteiger partial charge is 0.640 e. The van der Waals surface area contributed by atoms with Crippen LogP contribution in [0.5, 0.6) is 0 Å². The fraction of sp³-hybridized carbons (Fsp3) is 1.00. The Balaban J connectivity index is 2.75. The molecule has 17 heavy (non-hydrogen) atoms. The van der Waals surface area contributed by atoms with E-state index >= 15 is 0 Å². The molecule has 0 unspecified atom stereocenters. The Bertz CT molecular complexity index is 275. The topological polar surface area (TPSA) is 47.9 Å². The van der Waals surface area contributed by atoms with E-state index in [4.69, 9.17) is 14.0 Å². The van der Waals surface area contributed by atoms with Gasteiger partial charge < -0.3 is 19.1 Å². The number of hydrogen-bond donors (Lipinski definition) is 1. The van der Waals surface area contributed by atoms with Gasteiger partial charge >= 0.3 is 7.32 Å². The molecule has 1 aliphatic rings. The summed E-state index contributed by atoms with van der Waals surface area (Å²) < 4.78 is 17.2. The Morgan fingerprint density at radius 3 is 1.59 bits per heavy atom. The van der Waals surface area contributed by atoms with Crippen LogP contribution in [-0.4, -0.2) is 34.8 Å². The highest BCUT2D eigenvalue weighted by Crippen LogP contribution is 2.39. The molecule has 0 aromatic carbocycles. The minimum Gasteiger partial charge on any atom is -0.388 e. The van der Waals surface area contributed by atoms with Gasteiger partial charge in [0.25, 0.3) is 0 Å². The summed E-state index contributed by atoms with van der Waals surface area (Å²) in [5.41, 5.74) is -2.58. The molecule has 1 heterocycles. The summed E-state index contributed by atoms with van der Waals surface area (Å²) in [6.45, 7) is 14.9. The highest BCUT2D eigenvalue weighted by molar-refractivity contribution is 6.37. The molecule has 5 heteroatoms. The minimum atomic E-state index is -0.976. The Morgan fingerprint density at radius 2 is 1.29 bits per heavy atom. The maximum Gasteiger partial charge on any atom is 0.640 e. The van der Waals surface area contributed by atoms with E-state index in [1.54, 1.807) is 13.8 Å². The van der Waals surface area contributed by atoms with Crippen molar-refractivity contribution in [3.63, 3.8) is 0 Å². The van der Waals surface area contributed by atoms with Crippen LogP contribution in [0, 0.1) is 0 Å². The van der Waals surface area contributed by atoms with Gasteiger partial charge in [-0.25, -0.2) is 0 Å². The predicted molar refractivity (Wildman–Crippen MR) is 67.5 cm³/mol. The maximum atomic E-state index is 10.0. The molecule has 1 saturated heterocycles. The average molecular weight is 244 g/mol. The molecule has 0 aromatic rings. The van der Waals surface area contributed by atoms with Gasteiger partial charge in [-0.2, -0.15) is 0 Å². The third kappa shape index (κ3) is 2.84. The van der Waals surface area contributed by atoms with E-state index in [0.29, 0.717) is 0 Å². The number of aliphatic hydroxyl groups is 1. The molecule has 0 atom stereocenters. The Labute approximate surface area is 105 Å². The first-order valence-corrected chi connectivity index (χ1v) is 6.04. The van der Waals surface area contributed by atoms with E-state index in [-0.39, 0.29) is 0 Å². The molecular formula is C12H25BO4. The summed E-state index contributed by atoms with van der Waals surface area (Å²) in [4.78, 5) is 0. The van der Waals surface area contributed by atoms with Gasteiger partial charge in [0, 0.05) is 0 Å². The molecule has 1 aliphatic heterocycles. The fourth-order valence-electron chi connectivity index (χ4n) is 1.22. The molecular weight excluding hydrogens is 219 g/mol. The van der Waals surface area contributed by atoms with Crippen LogP contribution in [0.1, 0.15) is 55.4 Å². The lowest BCUT2D eigenvalue weighted by atomic mass is 9.88. The molecule has 1 fully saturated rings. The van der Waals surface area contributed by atoms with Crippen molar-refractivity contribution in [2.24, 2.45) is 0 Å². The molecule has 1 rings (SSSR count). The molecule has 1 N–H and O–H groups in total. The van der Waals surface area contributed by atoms with E-state index in [2.05, 4.69) is 0 Å². The van der Waals surface area contributed by atoms with Crippen LogP contribution in [0.3, 0.4) is 0 Å². The van der Waals surface area contributed by atoms with E-state index in [1.165, 1.54) is 0 Å². The zero-order valence-corrected chi connectivity index (χ0v) is 12.2. The Hall–Kier alpha value is -0.0951. The van der Waals surface area contributed by atoms with Crippen molar-refractivity contribution in [1.29, 1.82) is 0 Å². The molecule has 0 aliphatic carbocycles. The highest BCUT2D eigenvalue weighted by Gasteiger charge is 2.55. The molecule has 0 aromatic heterocycles. The van der Waals surface area contributed by atoms with E-state index in [9.17, 15) is 5.11 Å². The van der Waals surface area contributed by atoms with Crippen LogP contribution in [-0.2, 0) is 14.0 Å². The normalized spacial score (nSPS) is 24.2. The first-order chi connectivity index (χ1) is 7.29. The molecule has 0 amide bonds. The molecule has 0 radical (unpaired) electrons. The van der Waals surface area contributed by atoms with E-state index < -0.39 is 29.7 Å². The summed E-state index contributed by atoms with van der Waals surface area (Å²) in [7, 11) is -0.749. The first-order valence-electron chi connectivity index (χ1n) is 6.04. The summed E-state index contributed by atoms with van der Waals surface area (Å²) in [6.07, 6.45) is 0. The zero-order chi connectivity index (χ0) is 13.7. The lowest BCUT2D eigenvalue weighted by Gasteiger charge is -2.37. The van der Waals surface area contributed by atoms with Crippen molar-refractivity contribution in [3.05, 3.63) is 0 Å². The standard InChI is InChI=1S/C12H25BO4/c1-9(2,14)10(3,4)15-13-16-11(5,6)12(7,8)17-13/h14H,1-8H3. The van der Waals surface area contributed by atoms with Crippen molar-refractivity contribution >= 4 is 7.32 Å². The average Bonchev–Trinajstić information content (AvgIpc) is 2.15. The second kappa shape index (κ2) is 3.95. The molecule has 100 valence electrons. The van der Waals surface area contributed by atoms with Gasteiger partial charge in [-0.05, 0) is 55.4 Å². The highest BCUT2D eigenvalue weighted by atomic mass is 16.8. The Kier molecular flexibility index (Phi) is 3.48. The van der Waals surface area contributed by atoms with Crippen LogP contribution in [0.2, 0.25) is 0 Å². The van der Waals surface area contributed by atoms with Gasteiger partial charge in [0.05, 0.1) is 22.4 Å². The van der Waals surface area contributed by atoms with Crippen LogP contribution >= 0.6 is 0 Å². The number of hydrogen-bond acceptors (Lipinski definition) is 4.